The largest absolute Gasteiger partial charge is 0.315 e. The maximum Gasteiger partial charge on any atom is 0.0271 e. The van der Waals surface area contributed by atoms with Crippen molar-refractivity contribution in [2.75, 3.05) is 19.6 Å². The number of hydrogen-bond donors (Lipinski definition) is 1. The molecule has 1 aliphatic heterocycles. The molecule has 1 aromatic heterocycles. The molecule has 0 saturated carbocycles. The summed E-state index contributed by atoms with van der Waals surface area (Å²) in [5, 5.41) is 3.48. The first-order valence-electron chi connectivity index (χ1n) is 6.24. The van der Waals surface area contributed by atoms with Crippen LogP contribution in [0.4, 0.5) is 0 Å². The molecule has 1 atom stereocenters. The summed E-state index contributed by atoms with van der Waals surface area (Å²) >= 11 is 0. The number of piperidine rings is 1. The van der Waals surface area contributed by atoms with Gasteiger partial charge >= 0.3 is 0 Å². The van der Waals surface area contributed by atoms with E-state index in [0.717, 1.165) is 19.6 Å². The van der Waals surface area contributed by atoms with Crippen LogP contribution in [0, 0.1) is 0 Å². The molecule has 1 saturated heterocycles. The fourth-order valence-electron chi connectivity index (χ4n) is 2.37. The number of nitrogens with zero attached hydrogens (tertiary/aromatic N) is 2. The van der Waals surface area contributed by atoms with Crippen LogP contribution < -0.4 is 5.32 Å². The number of nitrogens with one attached hydrogen (secondary N) is 1. The van der Waals surface area contributed by atoms with E-state index in [1.165, 1.54) is 24.9 Å². The highest BCUT2D eigenvalue weighted by molar-refractivity contribution is 5.09. The van der Waals surface area contributed by atoms with Crippen molar-refractivity contribution in [2.24, 2.45) is 0 Å². The summed E-state index contributed by atoms with van der Waals surface area (Å²) in [5.74, 6) is 0. The monoisotopic (exact) mass is 219 g/mol. The van der Waals surface area contributed by atoms with Crippen molar-refractivity contribution in [2.45, 2.75) is 32.4 Å². The predicted molar refractivity (Wildman–Crippen MR) is 66.2 cm³/mol. The molecule has 0 bridgehead atoms. The van der Waals surface area contributed by atoms with Gasteiger partial charge in [-0.1, -0.05) is 6.92 Å². The molecule has 0 aliphatic carbocycles. The van der Waals surface area contributed by atoms with Crippen molar-refractivity contribution in [1.82, 2.24) is 15.2 Å². The molecule has 0 spiro atoms. The van der Waals surface area contributed by atoms with Crippen molar-refractivity contribution in [1.29, 1.82) is 0 Å². The summed E-state index contributed by atoms with van der Waals surface area (Å²) in [5.41, 5.74) is 1.36. The Morgan fingerprint density at radius 3 is 2.88 bits per heavy atom. The Balaban J connectivity index is 1.94. The minimum atomic E-state index is 0.701. The lowest BCUT2D eigenvalue weighted by Gasteiger charge is -2.33. The van der Waals surface area contributed by atoms with Gasteiger partial charge in [-0.15, -0.1) is 0 Å². The van der Waals surface area contributed by atoms with Crippen LogP contribution in [0.5, 0.6) is 0 Å². The van der Waals surface area contributed by atoms with Gasteiger partial charge in [-0.25, -0.2) is 0 Å². The Kier molecular flexibility index (Phi) is 4.31. The zero-order valence-electron chi connectivity index (χ0n) is 10.0. The molecule has 3 heteroatoms. The summed E-state index contributed by atoms with van der Waals surface area (Å²) in [6.45, 7) is 6.73. The Morgan fingerprint density at radius 2 is 2.25 bits per heavy atom. The molecule has 1 aromatic rings. The minimum Gasteiger partial charge on any atom is -0.315 e. The van der Waals surface area contributed by atoms with Crippen molar-refractivity contribution < 1.29 is 0 Å². The van der Waals surface area contributed by atoms with Crippen LogP contribution in [0.1, 0.15) is 25.3 Å². The van der Waals surface area contributed by atoms with E-state index in [-0.39, 0.29) is 0 Å². The van der Waals surface area contributed by atoms with Crippen LogP contribution in [0.3, 0.4) is 0 Å². The molecular formula is C13H21N3. The smallest absolute Gasteiger partial charge is 0.0271 e. The quantitative estimate of drug-likeness (QED) is 0.834. The van der Waals surface area contributed by atoms with Crippen LogP contribution in [0.15, 0.2) is 24.5 Å². The van der Waals surface area contributed by atoms with Crippen LogP contribution in [0.25, 0.3) is 0 Å². The zero-order chi connectivity index (χ0) is 11.2. The van der Waals surface area contributed by atoms with E-state index < -0.39 is 0 Å². The summed E-state index contributed by atoms with van der Waals surface area (Å²) in [6.07, 6.45) is 6.38. The Morgan fingerprint density at radius 1 is 1.44 bits per heavy atom. The molecule has 16 heavy (non-hydrogen) atoms. The van der Waals surface area contributed by atoms with Crippen LogP contribution in [0.2, 0.25) is 0 Å². The van der Waals surface area contributed by atoms with Gasteiger partial charge in [-0.05, 0) is 43.6 Å². The average molecular weight is 219 g/mol. The lowest BCUT2D eigenvalue weighted by molar-refractivity contribution is 0.166. The Labute approximate surface area is 97.9 Å². The molecule has 3 nitrogen and oxygen atoms in total. The molecule has 1 N–H and O–H groups in total. The molecule has 0 aromatic carbocycles. The fourth-order valence-corrected chi connectivity index (χ4v) is 2.37. The molecule has 2 rings (SSSR count). The molecular weight excluding hydrogens is 198 g/mol. The summed E-state index contributed by atoms with van der Waals surface area (Å²) < 4.78 is 0. The number of hydrogen-bond acceptors (Lipinski definition) is 3. The predicted octanol–water partition coefficient (Wildman–Crippen LogP) is 1.66. The van der Waals surface area contributed by atoms with Crippen LogP contribution in [-0.2, 0) is 6.54 Å². The third kappa shape index (κ3) is 3.03. The SMILES string of the molecule is CCN(Cc1ccncc1)[C@H]1CCCNC1. The molecule has 0 radical (unpaired) electrons. The first-order chi connectivity index (χ1) is 7.90. The number of rotatable bonds is 4. The maximum absolute atomic E-state index is 4.06. The van der Waals surface area contributed by atoms with Gasteiger partial charge in [0.05, 0.1) is 0 Å². The number of pyridine rings is 1. The van der Waals surface area contributed by atoms with E-state index >= 15 is 0 Å². The van der Waals surface area contributed by atoms with E-state index in [2.05, 4.69) is 34.3 Å². The van der Waals surface area contributed by atoms with Gasteiger partial charge in [0.15, 0.2) is 0 Å². The average Bonchev–Trinajstić information content (AvgIpc) is 2.38. The van der Waals surface area contributed by atoms with E-state index in [4.69, 9.17) is 0 Å². The normalized spacial score (nSPS) is 21.2. The van der Waals surface area contributed by atoms with E-state index in [1.807, 2.05) is 12.4 Å². The second kappa shape index (κ2) is 5.97. The number of likely N-dealkylation sites (N-methyl/N-ethyl adjacent to an activating group) is 1. The third-order valence-corrected chi connectivity index (χ3v) is 3.33. The molecule has 1 aliphatic rings. The van der Waals surface area contributed by atoms with Gasteiger partial charge < -0.3 is 5.32 Å². The Hall–Kier alpha value is -0.930. The molecule has 0 unspecified atom stereocenters. The van der Waals surface area contributed by atoms with E-state index in [9.17, 15) is 0 Å². The van der Waals surface area contributed by atoms with Gasteiger partial charge in [0.2, 0.25) is 0 Å². The summed E-state index contributed by atoms with van der Waals surface area (Å²) in [7, 11) is 0. The summed E-state index contributed by atoms with van der Waals surface area (Å²) in [6, 6.07) is 4.92. The highest BCUT2D eigenvalue weighted by atomic mass is 15.2. The molecule has 2 heterocycles. The second-order valence-electron chi connectivity index (χ2n) is 4.42. The lowest BCUT2D eigenvalue weighted by Crippen LogP contribution is -2.45. The van der Waals surface area contributed by atoms with Gasteiger partial charge in [0, 0.05) is 31.5 Å². The Bertz CT molecular complexity index is 293. The second-order valence-corrected chi connectivity index (χ2v) is 4.42. The summed E-state index contributed by atoms with van der Waals surface area (Å²) in [4.78, 5) is 6.62. The van der Waals surface area contributed by atoms with E-state index in [0.29, 0.717) is 6.04 Å². The van der Waals surface area contributed by atoms with Gasteiger partial charge in [0.25, 0.3) is 0 Å². The third-order valence-electron chi connectivity index (χ3n) is 3.33. The van der Waals surface area contributed by atoms with Crippen molar-refractivity contribution in [3.8, 4) is 0 Å². The lowest BCUT2D eigenvalue weighted by atomic mass is 10.1. The van der Waals surface area contributed by atoms with Crippen molar-refractivity contribution in [3.63, 3.8) is 0 Å². The first-order valence-corrected chi connectivity index (χ1v) is 6.24. The van der Waals surface area contributed by atoms with Gasteiger partial charge in [-0.2, -0.15) is 0 Å². The molecule has 88 valence electrons. The topological polar surface area (TPSA) is 28.2 Å². The minimum absolute atomic E-state index is 0.701. The van der Waals surface area contributed by atoms with Gasteiger partial charge in [0.1, 0.15) is 0 Å². The fraction of sp³-hybridized carbons (Fsp3) is 0.615. The van der Waals surface area contributed by atoms with Crippen LogP contribution in [-0.4, -0.2) is 35.6 Å². The van der Waals surface area contributed by atoms with Crippen LogP contribution >= 0.6 is 0 Å². The standard InChI is InChI=1S/C13H21N3/c1-2-16(13-4-3-7-15-10-13)11-12-5-8-14-9-6-12/h5-6,8-9,13,15H,2-4,7,10-11H2,1H3/t13-/m0/s1. The van der Waals surface area contributed by atoms with E-state index in [1.54, 1.807) is 0 Å². The molecule has 0 amide bonds. The highest BCUT2D eigenvalue weighted by Crippen LogP contribution is 2.13. The van der Waals surface area contributed by atoms with Gasteiger partial charge in [-0.3, -0.25) is 9.88 Å². The zero-order valence-corrected chi connectivity index (χ0v) is 10.0. The first kappa shape index (κ1) is 11.6. The van der Waals surface area contributed by atoms with Crippen molar-refractivity contribution >= 4 is 0 Å². The molecule has 1 fully saturated rings. The highest BCUT2D eigenvalue weighted by Gasteiger charge is 2.19. The van der Waals surface area contributed by atoms with Crippen molar-refractivity contribution in [3.05, 3.63) is 30.1 Å². The maximum atomic E-state index is 4.06. The number of aromatic nitrogens is 1.